The van der Waals surface area contributed by atoms with Crippen molar-refractivity contribution in [1.29, 1.82) is 0 Å². The standard InChI is InChI=1S/C10H20O2S.2C4H9.ClH.Sn/c1-2-3-4-5-6-7-8-12-10(11)9-13;2*1-3-4-2;;/h13H,2-9H2,1H3;2*1,3-4H2,2H3;1H;/q;;;;+2/p-2. The number of carbonyl (C=O) groups is 1. The van der Waals surface area contributed by atoms with Gasteiger partial charge < -0.3 is 29.8 Å². The molecule has 0 fully saturated rings. The van der Waals surface area contributed by atoms with Crippen molar-refractivity contribution in [2.45, 2.75) is 85.0 Å². The van der Waals surface area contributed by atoms with Crippen molar-refractivity contribution in [3.05, 3.63) is 13.8 Å². The molecule has 0 amide bonds. The van der Waals surface area contributed by atoms with Crippen LogP contribution in [-0.2, 0) is 22.2 Å². The van der Waals surface area contributed by atoms with Crippen LogP contribution in [0.5, 0.6) is 0 Å². The molecule has 0 saturated carbocycles. The fourth-order valence-corrected chi connectivity index (χ4v) is 1.19. The van der Waals surface area contributed by atoms with Gasteiger partial charge in [0.05, 0.1) is 6.61 Å². The van der Waals surface area contributed by atoms with Gasteiger partial charge in [0.25, 0.3) is 5.97 Å². The van der Waals surface area contributed by atoms with Crippen LogP contribution in [0.1, 0.15) is 85.0 Å². The van der Waals surface area contributed by atoms with Crippen LogP contribution in [0, 0.1) is 13.8 Å². The molecule has 0 aromatic rings. The van der Waals surface area contributed by atoms with E-state index in [1.807, 2.05) is 0 Å². The van der Waals surface area contributed by atoms with Gasteiger partial charge in [0.1, 0.15) is 0 Å². The number of carbonyl (C=O) groups excluding carboxylic acids is 1. The summed E-state index contributed by atoms with van der Waals surface area (Å²) in [6.07, 6.45) is 11.8. The van der Waals surface area contributed by atoms with Gasteiger partial charge in [-0.25, -0.2) is 0 Å². The topological polar surface area (TPSA) is 26.3 Å². The molecule has 0 aliphatic heterocycles. The third-order valence-electron chi connectivity index (χ3n) is 2.59. The minimum absolute atomic E-state index is 0. The van der Waals surface area contributed by atoms with Crippen LogP contribution < -0.4 is 12.4 Å². The molecule has 0 heterocycles. The van der Waals surface area contributed by atoms with Crippen LogP contribution in [0.25, 0.3) is 0 Å². The molecule has 0 unspecified atom stereocenters. The van der Waals surface area contributed by atoms with Gasteiger partial charge in [-0.15, -0.1) is 0 Å². The van der Waals surface area contributed by atoms with Gasteiger partial charge in [-0.3, -0.25) is 4.79 Å². The Hall–Kier alpha value is 0.909. The van der Waals surface area contributed by atoms with Gasteiger partial charge in [0, 0.05) is 0 Å². The molecule has 0 spiro atoms. The minimum atomic E-state index is -0.261. The maximum Gasteiger partial charge on any atom is 2.00 e. The van der Waals surface area contributed by atoms with Crippen LogP contribution in [-0.4, -0.2) is 42.2 Å². The van der Waals surface area contributed by atoms with E-state index >= 15 is 0 Å². The number of hydrogen-bond donors (Lipinski definition) is 0. The van der Waals surface area contributed by atoms with Crippen molar-refractivity contribution < 1.29 is 21.9 Å². The zero-order chi connectivity index (χ0) is 16.8. The van der Waals surface area contributed by atoms with Gasteiger partial charge in [-0.2, -0.15) is 0 Å². The molecular weight excluding hydrogens is 434 g/mol. The van der Waals surface area contributed by atoms with Crippen LogP contribution >= 0.6 is 0 Å². The Morgan fingerprint density at radius 1 is 0.870 bits per heavy atom. The normalized spacial score (nSPS) is 8.26. The van der Waals surface area contributed by atoms with E-state index in [1.165, 1.54) is 38.5 Å². The van der Waals surface area contributed by atoms with E-state index in [2.05, 4.69) is 47.2 Å². The van der Waals surface area contributed by atoms with Gasteiger partial charge in [0.15, 0.2) is 0 Å². The van der Waals surface area contributed by atoms with Crippen LogP contribution in [0.15, 0.2) is 0 Å². The number of unbranched alkanes of at least 4 members (excludes halogenated alkanes) is 7. The second kappa shape index (κ2) is 38.5. The molecule has 4 radical (unpaired) electrons. The van der Waals surface area contributed by atoms with Gasteiger partial charge >= 0.3 is 23.9 Å². The summed E-state index contributed by atoms with van der Waals surface area (Å²) in [6.45, 7) is 14.2. The minimum Gasteiger partial charge on any atom is -1.00 e. The molecular formula is C18H37ClO2SSn. The summed E-state index contributed by atoms with van der Waals surface area (Å²) < 4.78 is 4.85. The first-order chi connectivity index (χ1) is 10.1. The van der Waals surface area contributed by atoms with Crippen molar-refractivity contribution >= 4 is 42.5 Å². The molecule has 138 valence electrons. The predicted molar refractivity (Wildman–Crippen MR) is 103 cm³/mol. The number of halogens is 1. The summed E-state index contributed by atoms with van der Waals surface area (Å²) in [6, 6.07) is 0. The molecule has 0 aliphatic rings. The van der Waals surface area contributed by atoms with E-state index in [-0.39, 0.29) is 48.0 Å². The molecule has 5 heteroatoms. The second-order valence-electron chi connectivity index (χ2n) is 4.84. The van der Waals surface area contributed by atoms with E-state index in [1.54, 1.807) is 0 Å². The number of rotatable bonds is 10. The molecule has 0 aliphatic carbocycles. The molecule has 0 atom stereocenters. The molecule has 0 aromatic carbocycles. The molecule has 0 saturated heterocycles. The Kier molecular flexibility index (Phi) is 58.7. The summed E-state index contributed by atoms with van der Waals surface area (Å²) in [5, 5.41) is 0. The number of ether oxygens (including phenoxy) is 1. The van der Waals surface area contributed by atoms with Crippen LogP contribution in [0.2, 0.25) is 0 Å². The first-order valence-electron chi connectivity index (χ1n) is 8.46. The van der Waals surface area contributed by atoms with Gasteiger partial charge in [-0.05, 0) is 6.42 Å². The first kappa shape index (κ1) is 35.1. The zero-order valence-corrected chi connectivity index (χ0v) is 19.9. The largest absolute Gasteiger partial charge is 2.00 e. The van der Waals surface area contributed by atoms with Crippen molar-refractivity contribution in [3.8, 4) is 0 Å². The average molecular weight is 472 g/mol. The molecule has 0 bridgehead atoms. The summed E-state index contributed by atoms with van der Waals surface area (Å²) in [5.41, 5.74) is 0. The molecule has 0 aromatic heterocycles. The van der Waals surface area contributed by atoms with Crippen molar-refractivity contribution in [2.75, 3.05) is 12.4 Å². The van der Waals surface area contributed by atoms with E-state index in [0.29, 0.717) is 6.61 Å². The fraction of sp³-hybridized carbons (Fsp3) is 0.833. The summed E-state index contributed by atoms with van der Waals surface area (Å²) in [7, 11) is 0. The first-order valence-corrected chi connectivity index (χ1v) is 9.04. The van der Waals surface area contributed by atoms with Crippen molar-refractivity contribution in [3.63, 3.8) is 0 Å². The monoisotopic (exact) mass is 472 g/mol. The summed E-state index contributed by atoms with van der Waals surface area (Å²) in [5.74, 6) is -0.181. The third kappa shape index (κ3) is 51.8. The van der Waals surface area contributed by atoms with Crippen LogP contribution in [0.4, 0.5) is 0 Å². The Bertz CT molecular complexity index is 176. The van der Waals surface area contributed by atoms with Crippen LogP contribution in [0.3, 0.4) is 0 Å². The van der Waals surface area contributed by atoms with E-state index in [4.69, 9.17) is 4.74 Å². The molecule has 0 N–H and O–H groups in total. The Labute approximate surface area is 175 Å². The predicted octanol–water partition coefficient (Wildman–Crippen LogP) is 2.30. The summed E-state index contributed by atoms with van der Waals surface area (Å²) >= 11 is 4.54. The Balaban J connectivity index is -0.0000000909. The van der Waals surface area contributed by atoms with Gasteiger partial charge in [-0.1, -0.05) is 98.2 Å². The average Bonchev–Trinajstić information content (AvgIpc) is 2.54. The summed E-state index contributed by atoms with van der Waals surface area (Å²) in [4.78, 5) is 10.6. The number of esters is 1. The number of hydrogen-bond acceptors (Lipinski definition) is 3. The molecule has 23 heavy (non-hydrogen) atoms. The smallest absolute Gasteiger partial charge is 1.00 e. The molecule has 2 nitrogen and oxygen atoms in total. The SMILES string of the molecule is CCCCCCCCOC(=O)C[S-].[CH2]CCC.[CH2]CCC.[Cl-].[Sn+2]. The van der Waals surface area contributed by atoms with E-state index in [0.717, 1.165) is 25.7 Å². The second-order valence-corrected chi connectivity index (χ2v) is 5.13. The van der Waals surface area contributed by atoms with Gasteiger partial charge in [0.2, 0.25) is 0 Å². The van der Waals surface area contributed by atoms with E-state index < -0.39 is 0 Å². The Morgan fingerprint density at radius 2 is 1.26 bits per heavy atom. The fourth-order valence-electron chi connectivity index (χ4n) is 1.11. The van der Waals surface area contributed by atoms with Crippen molar-refractivity contribution in [2.24, 2.45) is 0 Å². The van der Waals surface area contributed by atoms with E-state index in [9.17, 15) is 4.79 Å². The zero-order valence-electron chi connectivity index (χ0n) is 15.5. The quantitative estimate of drug-likeness (QED) is 0.212. The van der Waals surface area contributed by atoms with Crippen molar-refractivity contribution in [1.82, 2.24) is 0 Å². The maximum atomic E-state index is 10.6. The Morgan fingerprint density at radius 3 is 1.61 bits per heavy atom. The third-order valence-corrected chi connectivity index (χ3v) is 2.82. The molecule has 0 rings (SSSR count). The maximum absolute atomic E-state index is 10.6.